The summed E-state index contributed by atoms with van der Waals surface area (Å²) in [6.45, 7) is 0.649. The molecular weight excluding hydrogens is 172 g/mol. The van der Waals surface area contributed by atoms with Gasteiger partial charge >= 0.3 is 0 Å². The van der Waals surface area contributed by atoms with E-state index in [1.807, 2.05) is 30.3 Å². The van der Waals surface area contributed by atoms with E-state index in [1.165, 1.54) is 0 Å². The Bertz CT molecular complexity index is 201. The zero-order valence-corrected chi connectivity index (χ0v) is 7.76. The fourth-order valence-corrected chi connectivity index (χ4v) is 1.05. The van der Waals surface area contributed by atoms with Gasteiger partial charge in [-0.15, -0.1) is 12.4 Å². The molecule has 0 radical (unpaired) electrons. The number of hydrogen-bond acceptors (Lipinski definition) is 2. The van der Waals surface area contributed by atoms with Crippen LogP contribution in [-0.2, 0) is 0 Å². The van der Waals surface area contributed by atoms with Gasteiger partial charge in [-0.2, -0.15) is 0 Å². The van der Waals surface area contributed by atoms with Gasteiger partial charge in [0.2, 0.25) is 0 Å². The van der Waals surface area contributed by atoms with Gasteiger partial charge in [-0.25, -0.2) is 0 Å². The molecule has 3 heteroatoms. The maximum absolute atomic E-state index is 5.83. The van der Waals surface area contributed by atoms with Crippen LogP contribution in [0, 0.1) is 0 Å². The lowest BCUT2D eigenvalue weighted by Gasteiger charge is -2.09. The number of hydrogen-bond donors (Lipinski definition) is 2. The Labute approximate surface area is 79.4 Å². The van der Waals surface area contributed by atoms with E-state index in [-0.39, 0.29) is 18.4 Å². The molecule has 0 amide bonds. The number of nitrogens with two attached hydrogens (primary N) is 2. The molecule has 1 atom stereocenters. The highest BCUT2D eigenvalue weighted by atomic mass is 35.5. The van der Waals surface area contributed by atoms with Gasteiger partial charge in [0.05, 0.1) is 0 Å². The minimum Gasteiger partial charge on any atom is -0.330 e. The molecule has 1 aromatic rings. The second-order valence-electron chi connectivity index (χ2n) is 2.59. The van der Waals surface area contributed by atoms with Crippen molar-refractivity contribution in [2.24, 2.45) is 11.5 Å². The number of halogens is 1. The third-order valence-electron chi connectivity index (χ3n) is 1.71. The summed E-state index contributed by atoms with van der Waals surface area (Å²) in [5, 5.41) is 0. The second-order valence-corrected chi connectivity index (χ2v) is 2.59. The Hall–Kier alpha value is -0.570. The highest BCUT2D eigenvalue weighted by Crippen LogP contribution is 2.11. The molecule has 0 fully saturated rings. The van der Waals surface area contributed by atoms with Gasteiger partial charge in [-0.1, -0.05) is 30.3 Å². The van der Waals surface area contributed by atoms with Crippen molar-refractivity contribution in [3.8, 4) is 0 Å². The molecule has 68 valence electrons. The largest absolute Gasteiger partial charge is 0.330 e. The zero-order valence-electron chi connectivity index (χ0n) is 6.94. The van der Waals surface area contributed by atoms with Gasteiger partial charge in [-0.05, 0) is 18.5 Å². The minimum atomic E-state index is 0. The smallest absolute Gasteiger partial charge is 0.0306 e. The third-order valence-corrected chi connectivity index (χ3v) is 1.71. The van der Waals surface area contributed by atoms with Gasteiger partial charge in [0.1, 0.15) is 0 Å². The Morgan fingerprint density at radius 1 is 1.17 bits per heavy atom. The monoisotopic (exact) mass is 186 g/mol. The fourth-order valence-electron chi connectivity index (χ4n) is 1.05. The number of benzene rings is 1. The Morgan fingerprint density at radius 2 is 1.75 bits per heavy atom. The van der Waals surface area contributed by atoms with E-state index in [0.717, 1.165) is 12.0 Å². The van der Waals surface area contributed by atoms with Crippen molar-refractivity contribution in [1.29, 1.82) is 0 Å². The third kappa shape index (κ3) is 3.22. The Morgan fingerprint density at radius 3 is 2.25 bits per heavy atom. The lowest BCUT2D eigenvalue weighted by atomic mass is 10.1. The van der Waals surface area contributed by atoms with Crippen molar-refractivity contribution < 1.29 is 0 Å². The van der Waals surface area contributed by atoms with Crippen LogP contribution < -0.4 is 11.5 Å². The summed E-state index contributed by atoms with van der Waals surface area (Å²) in [4.78, 5) is 0. The standard InChI is InChI=1S/C9H14N2.ClH/c10-7-6-9(11)8-4-2-1-3-5-8;/h1-5,9H,6-7,10-11H2;1H. The molecule has 0 heterocycles. The van der Waals surface area contributed by atoms with Crippen molar-refractivity contribution in [3.05, 3.63) is 35.9 Å². The van der Waals surface area contributed by atoms with E-state index in [1.54, 1.807) is 0 Å². The predicted molar refractivity (Wildman–Crippen MR) is 54.3 cm³/mol. The lowest BCUT2D eigenvalue weighted by molar-refractivity contribution is 0.661. The van der Waals surface area contributed by atoms with Gasteiger partial charge in [0.25, 0.3) is 0 Å². The van der Waals surface area contributed by atoms with E-state index >= 15 is 0 Å². The summed E-state index contributed by atoms with van der Waals surface area (Å²) in [5.41, 5.74) is 12.4. The van der Waals surface area contributed by atoms with Crippen LogP contribution in [0.4, 0.5) is 0 Å². The van der Waals surface area contributed by atoms with Gasteiger partial charge < -0.3 is 11.5 Å². The van der Waals surface area contributed by atoms with Crippen LogP contribution in [0.3, 0.4) is 0 Å². The molecule has 1 rings (SSSR count). The first-order valence-corrected chi connectivity index (χ1v) is 3.85. The molecule has 0 saturated carbocycles. The molecule has 0 aliphatic carbocycles. The quantitative estimate of drug-likeness (QED) is 0.751. The molecule has 0 bridgehead atoms. The highest BCUT2D eigenvalue weighted by molar-refractivity contribution is 5.85. The summed E-state index contributed by atoms with van der Waals surface area (Å²) < 4.78 is 0. The lowest BCUT2D eigenvalue weighted by Crippen LogP contribution is -2.14. The van der Waals surface area contributed by atoms with Gasteiger partial charge in [0.15, 0.2) is 0 Å². The van der Waals surface area contributed by atoms with Crippen molar-refractivity contribution in [2.75, 3.05) is 6.54 Å². The van der Waals surface area contributed by atoms with Crippen LogP contribution in [-0.4, -0.2) is 6.54 Å². The van der Waals surface area contributed by atoms with E-state index in [2.05, 4.69) is 0 Å². The van der Waals surface area contributed by atoms with Crippen LogP contribution in [0.5, 0.6) is 0 Å². The first-order chi connectivity index (χ1) is 5.34. The Kier molecular flexibility index (Phi) is 5.72. The zero-order chi connectivity index (χ0) is 8.10. The van der Waals surface area contributed by atoms with E-state index in [4.69, 9.17) is 11.5 Å². The minimum absolute atomic E-state index is 0. The van der Waals surface area contributed by atoms with Crippen LogP contribution in [0.15, 0.2) is 30.3 Å². The van der Waals surface area contributed by atoms with E-state index in [0.29, 0.717) is 6.54 Å². The van der Waals surface area contributed by atoms with Crippen molar-refractivity contribution in [2.45, 2.75) is 12.5 Å². The molecule has 0 spiro atoms. The molecule has 12 heavy (non-hydrogen) atoms. The SMILES string of the molecule is Cl.NCCC(N)c1ccccc1. The molecule has 0 aliphatic rings. The number of rotatable bonds is 3. The molecular formula is C9H15ClN2. The average Bonchev–Trinajstić information content (AvgIpc) is 2.07. The van der Waals surface area contributed by atoms with Crippen molar-refractivity contribution in [3.63, 3.8) is 0 Å². The second kappa shape index (κ2) is 6.00. The predicted octanol–water partition coefficient (Wildman–Crippen LogP) is 1.46. The van der Waals surface area contributed by atoms with Crippen molar-refractivity contribution >= 4 is 12.4 Å². The Balaban J connectivity index is 0.00000121. The topological polar surface area (TPSA) is 52.0 Å². The van der Waals surface area contributed by atoms with E-state index in [9.17, 15) is 0 Å². The maximum Gasteiger partial charge on any atom is 0.0306 e. The summed E-state index contributed by atoms with van der Waals surface area (Å²) >= 11 is 0. The normalized spacial score (nSPS) is 11.8. The molecule has 4 N–H and O–H groups in total. The highest BCUT2D eigenvalue weighted by Gasteiger charge is 2.01. The average molecular weight is 187 g/mol. The summed E-state index contributed by atoms with van der Waals surface area (Å²) in [5.74, 6) is 0. The first-order valence-electron chi connectivity index (χ1n) is 3.85. The molecule has 0 aliphatic heterocycles. The fraction of sp³-hybridized carbons (Fsp3) is 0.333. The first kappa shape index (κ1) is 11.4. The molecule has 2 nitrogen and oxygen atoms in total. The molecule has 0 aromatic heterocycles. The van der Waals surface area contributed by atoms with Gasteiger partial charge in [-0.3, -0.25) is 0 Å². The summed E-state index contributed by atoms with van der Waals surface area (Å²) in [6, 6.07) is 10.1. The van der Waals surface area contributed by atoms with Crippen LogP contribution in [0.1, 0.15) is 18.0 Å². The molecule has 1 aromatic carbocycles. The van der Waals surface area contributed by atoms with E-state index < -0.39 is 0 Å². The van der Waals surface area contributed by atoms with Crippen LogP contribution in [0.25, 0.3) is 0 Å². The van der Waals surface area contributed by atoms with Gasteiger partial charge in [0, 0.05) is 6.04 Å². The molecule has 1 unspecified atom stereocenters. The van der Waals surface area contributed by atoms with Crippen LogP contribution >= 0.6 is 12.4 Å². The summed E-state index contributed by atoms with van der Waals surface area (Å²) in [6.07, 6.45) is 0.851. The maximum atomic E-state index is 5.83. The van der Waals surface area contributed by atoms with Crippen molar-refractivity contribution in [1.82, 2.24) is 0 Å². The van der Waals surface area contributed by atoms with Crippen LogP contribution in [0.2, 0.25) is 0 Å². The molecule has 0 saturated heterocycles. The summed E-state index contributed by atoms with van der Waals surface area (Å²) in [7, 11) is 0.